The maximum Gasteiger partial charge on any atom is 0.137 e. The van der Waals surface area contributed by atoms with Crippen LogP contribution in [0.15, 0.2) is 36.1 Å². The van der Waals surface area contributed by atoms with Crippen LogP contribution < -0.4 is 4.74 Å². The fourth-order valence-corrected chi connectivity index (χ4v) is 4.57. The van der Waals surface area contributed by atoms with Crippen LogP contribution in [0.3, 0.4) is 0 Å². The van der Waals surface area contributed by atoms with Crippen LogP contribution in [0.1, 0.15) is 24.3 Å². The Hall–Kier alpha value is -1.50. The number of likely N-dealkylation sites (tertiary alicyclic amines) is 1. The Balaban J connectivity index is 1.47. The molecule has 0 saturated carbocycles. The third kappa shape index (κ3) is 3.45. The van der Waals surface area contributed by atoms with Gasteiger partial charge in [-0.2, -0.15) is 0 Å². The van der Waals surface area contributed by atoms with Gasteiger partial charge in [-0.15, -0.1) is 11.3 Å². The molecule has 2 aliphatic rings. The topological polar surface area (TPSA) is 47.5 Å². The fourth-order valence-electron chi connectivity index (χ4n) is 3.91. The summed E-state index contributed by atoms with van der Waals surface area (Å²) in [5.74, 6) is 0.841. The summed E-state index contributed by atoms with van der Waals surface area (Å²) in [6.07, 6.45) is 9.08. The highest BCUT2D eigenvalue weighted by molar-refractivity contribution is 7.09. The van der Waals surface area contributed by atoms with Gasteiger partial charge >= 0.3 is 0 Å². The summed E-state index contributed by atoms with van der Waals surface area (Å²) in [6, 6.07) is 3.88. The van der Waals surface area contributed by atoms with Crippen molar-refractivity contribution in [3.63, 3.8) is 0 Å². The molecule has 128 valence electrons. The summed E-state index contributed by atoms with van der Waals surface area (Å²) in [7, 11) is 0. The van der Waals surface area contributed by atoms with Crippen molar-refractivity contribution in [2.75, 3.05) is 26.3 Å². The van der Waals surface area contributed by atoms with E-state index in [0.717, 1.165) is 51.3 Å². The Morgan fingerprint density at radius 1 is 1.42 bits per heavy atom. The zero-order valence-corrected chi connectivity index (χ0v) is 14.6. The Labute approximate surface area is 146 Å². The lowest BCUT2D eigenvalue weighted by Gasteiger charge is -2.50. The first-order chi connectivity index (χ1) is 11.8. The van der Waals surface area contributed by atoms with Crippen molar-refractivity contribution in [1.29, 1.82) is 0 Å². The second-order valence-corrected chi connectivity index (χ2v) is 7.71. The monoisotopic (exact) mass is 345 g/mol. The van der Waals surface area contributed by atoms with Gasteiger partial charge in [0.2, 0.25) is 0 Å². The molecule has 2 saturated heterocycles. The highest BCUT2D eigenvalue weighted by Gasteiger charge is 2.46. The zero-order valence-electron chi connectivity index (χ0n) is 13.8. The number of aromatic nitrogens is 2. The van der Waals surface area contributed by atoms with E-state index in [1.807, 2.05) is 23.7 Å². The van der Waals surface area contributed by atoms with E-state index in [-0.39, 0.29) is 5.41 Å². The minimum atomic E-state index is 0.0730. The van der Waals surface area contributed by atoms with Crippen LogP contribution in [0.4, 0.5) is 0 Å². The number of rotatable bonds is 5. The molecule has 0 aromatic carbocycles. The normalized spacial score (nSPS) is 27.6. The molecule has 4 heterocycles. The quantitative estimate of drug-likeness (QED) is 0.834. The van der Waals surface area contributed by atoms with E-state index in [1.54, 1.807) is 23.7 Å². The Morgan fingerprint density at radius 3 is 3.25 bits per heavy atom. The van der Waals surface area contributed by atoms with Crippen molar-refractivity contribution in [3.8, 4) is 5.75 Å². The minimum Gasteiger partial charge on any atom is -0.491 e. The van der Waals surface area contributed by atoms with E-state index < -0.39 is 0 Å². The highest BCUT2D eigenvalue weighted by Crippen LogP contribution is 2.41. The highest BCUT2D eigenvalue weighted by atomic mass is 32.1. The summed E-state index contributed by atoms with van der Waals surface area (Å²) in [5, 5.41) is 3.24. The summed E-state index contributed by atoms with van der Waals surface area (Å²) in [6.45, 7) is 4.58. The smallest absolute Gasteiger partial charge is 0.137 e. The Morgan fingerprint density at radius 2 is 2.42 bits per heavy atom. The average molecular weight is 345 g/mol. The van der Waals surface area contributed by atoms with Crippen molar-refractivity contribution in [1.82, 2.24) is 14.9 Å². The van der Waals surface area contributed by atoms with E-state index >= 15 is 0 Å². The molecule has 0 spiro atoms. The van der Waals surface area contributed by atoms with E-state index in [0.29, 0.717) is 12.7 Å². The van der Waals surface area contributed by atoms with Crippen LogP contribution >= 0.6 is 11.3 Å². The number of ether oxygens (including phenoxy) is 2. The average Bonchev–Trinajstić information content (AvgIpc) is 3.14. The van der Waals surface area contributed by atoms with E-state index in [4.69, 9.17) is 9.47 Å². The molecule has 2 atom stereocenters. The van der Waals surface area contributed by atoms with Crippen LogP contribution in [0, 0.1) is 5.41 Å². The predicted octanol–water partition coefficient (Wildman–Crippen LogP) is 2.99. The molecule has 6 heteroatoms. The molecule has 4 rings (SSSR count). The third-order valence-electron chi connectivity index (χ3n) is 5.07. The molecule has 0 aliphatic carbocycles. The number of piperidine rings is 1. The first-order valence-corrected chi connectivity index (χ1v) is 9.47. The summed E-state index contributed by atoms with van der Waals surface area (Å²) in [4.78, 5) is 11.1. The Kier molecular flexibility index (Phi) is 4.78. The standard InChI is InChI=1S/C18H23N3O2S/c1-3-15(11-19-6-1)23-14-18-5-2-9-22-16(18)4-8-21(13-18)12-17-20-7-10-24-17/h1,3,6-7,10-11,16H,2,4-5,8-9,12-14H2/t16-,18+/m1/s1. The number of nitrogens with zero attached hydrogens (tertiary/aromatic N) is 3. The molecular formula is C18H23N3O2S. The molecule has 0 bridgehead atoms. The molecule has 2 aliphatic heterocycles. The van der Waals surface area contributed by atoms with Gasteiger partial charge in [-0.1, -0.05) is 0 Å². The lowest BCUT2D eigenvalue weighted by molar-refractivity contribution is -0.140. The van der Waals surface area contributed by atoms with Crippen LogP contribution in [0.5, 0.6) is 5.75 Å². The molecule has 24 heavy (non-hydrogen) atoms. The molecule has 0 amide bonds. The zero-order chi connectivity index (χ0) is 16.2. The van der Waals surface area contributed by atoms with Gasteiger partial charge in [0.05, 0.1) is 25.5 Å². The lowest BCUT2D eigenvalue weighted by Crippen LogP contribution is -2.57. The van der Waals surface area contributed by atoms with Gasteiger partial charge in [-0.25, -0.2) is 4.98 Å². The second kappa shape index (κ2) is 7.17. The molecule has 0 N–H and O–H groups in total. The van der Waals surface area contributed by atoms with Crippen molar-refractivity contribution in [3.05, 3.63) is 41.1 Å². The fraction of sp³-hybridized carbons (Fsp3) is 0.556. The van der Waals surface area contributed by atoms with E-state index in [1.165, 1.54) is 5.01 Å². The van der Waals surface area contributed by atoms with Gasteiger partial charge in [0.15, 0.2) is 0 Å². The SMILES string of the molecule is c1cncc(OC[C@@]23CCCO[C@@H]2CCN(Cc2nccs2)C3)c1. The first-order valence-electron chi connectivity index (χ1n) is 8.59. The largest absolute Gasteiger partial charge is 0.491 e. The van der Waals surface area contributed by atoms with E-state index in [9.17, 15) is 0 Å². The molecule has 0 unspecified atom stereocenters. The maximum atomic E-state index is 6.12. The van der Waals surface area contributed by atoms with Gasteiger partial charge in [-0.3, -0.25) is 9.88 Å². The number of thiazole rings is 1. The summed E-state index contributed by atoms with van der Waals surface area (Å²) >= 11 is 1.73. The van der Waals surface area contributed by atoms with Gasteiger partial charge < -0.3 is 9.47 Å². The van der Waals surface area contributed by atoms with Gasteiger partial charge in [0.25, 0.3) is 0 Å². The number of fused-ring (bicyclic) bond motifs is 1. The van der Waals surface area contributed by atoms with Gasteiger partial charge in [0.1, 0.15) is 10.8 Å². The summed E-state index contributed by atoms with van der Waals surface area (Å²) in [5.41, 5.74) is 0.0730. The van der Waals surface area contributed by atoms with Crippen LogP contribution in [0.25, 0.3) is 0 Å². The van der Waals surface area contributed by atoms with Crippen LogP contribution in [-0.2, 0) is 11.3 Å². The van der Waals surface area contributed by atoms with E-state index in [2.05, 4.69) is 14.9 Å². The first kappa shape index (κ1) is 16.0. The molecule has 2 aromatic heterocycles. The van der Waals surface area contributed by atoms with Gasteiger partial charge in [0, 0.05) is 42.9 Å². The van der Waals surface area contributed by atoms with Crippen LogP contribution in [0.2, 0.25) is 0 Å². The number of hydrogen-bond donors (Lipinski definition) is 0. The van der Waals surface area contributed by atoms with Crippen LogP contribution in [-0.4, -0.2) is 47.3 Å². The molecular weight excluding hydrogens is 322 g/mol. The van der Waals surface area contributed by atoms with Crippen molar-refractivity contribution in [2.24, 2.45) is 5.41 Å². The third-order valence-corrected chi connectivity index (χ3v) is 5.83. The maximum absolute atomic E-state index is 6.12. The molecule has 0 radical (unpaired) electrons. The minimum absolute atomic E-state index is 0.0730. The Bertz CT molecular complexity index is 637. The lowest BCUT2D eigenvalue weighted by atomic mass is 9.73. The predicted molar refractivity (Wildman–Crippen MR) is 93.1 cm³/mol. The molecule has 2 aromatic rings. The molecule has 5 nitrogen and oxygen atoms in total. The molecule has 2 fully saturated rings. The van der Waals surface area contributed by atoms with Crippen molar-refractivity contribution in [2.45, 2.75) is 31.9 Å². The van der Waals surface area contributed by atoms with Crippen molar-refractivity contribution >= 4 is 11.3 Å². The number of hydrogen-bond acceptors (Lipinski definition) is 6. The second-order valence-electron chi connectivity index (χ2n) is 6.73. The summed E-state index contributed by atoms with van der Waals surface area (Å²) < 4.78 is 12.2. The van der Waals surface area contributed by atoms with Gasteiger partial charge in [-0.05, 0) is 31.4 Å². The van der Waals surface area contributed by atoms with Crippen molar-refractivity contribution < 1.29 is 9.47 Å². The number of pyridine rings is 1.